The maximum absolute atomic E-state index is 12.7. The van der Waals surface area contributed by atoms with Gasteiger partial charge < -0.3 is 9.30 Å². The lowest BCUT2D eigenvalue weighted by molar-refractivity contribution is -0.143. The standard InChI is InChI=1S/C19H16Cl2N2O3S/c1-3-26-16(24)10-23-17-11(2)5-4-6-15(17)27-19(23)22-18(25)13-9-12(20)7-8-14(13)21/h4-9H,3,10H2,1-2H3. The van der Waals surface area contributed by atoms with Crippen LogP contribution in [-0.4, -0.2) is 23.1 Å². The van der Waals surface area contributed by atoms with Gasteiger partial charge in [0, 0.05) is 5.02 Å². The van der Waals surface area contributed by atoms with Crippen molar-refractivity contribution in [2.75, 3.05) is 6.61 Å². The number of para-hydroxylation sites is 1. The predicted octanol–water partition coefficient (Wildman–Crippen LogP) is 4.62. The number of aryl methyl sites for hydroxylation is 1. The quantitative estimate of drug-likeness (QED) is 0.576. The summed E-state index contributed by atoms with van der Waals surface area (Å²) < 4.78 is 7.68. The number of fused-ring (bicyclic) bond motifs is 1. The van der Waals surface area contributed by atoms with E-state index in [9.17, 15) is 9.59 Å². The van der Waals surface area contributed by atoms with Crippen molar-refractivity contribution in [3.63, 3.8) is 0 Å². The second-order valence-electron chi connectivity index (χ2n) is 5.74. The molecule has 0 spiro atoms. The van der Waals surface area contributed by atoms with Crippen LogP contribution >= 0.6 is 34.5 Å². The molecule has 0 aliphatic rings. The SMILES string of the molecule is CCOC(=O)Cn1c(=NC(=O)c2cc(Cl)ccc2Cl)sc2cccc(C)c21. The van der Waals surface area contributed by atoms with Crippen molar-refractivity contribution >= 4 is 56.6 Å². The molecule has 3 aromatic rings. The van der Waals surface area contributed by atoms with Crippen molar-refractivity contribution in [3.05, 3.63) is 62.4 Å². The molecule has 0 radical (unpaired) electrons. The van der Waals surface area contributed by atoms with Crippen molar-refractivity contribution in [2.24, 2.45) is 4.99 Å². The van der Waals surface area contributed by atoms with Crippen LogP contribution in [0.15, 0.2) is 41.4 Å². The molecule has 0 atom stereocenters. The van der Waals surface area contributed by atoms with Crippen molar-refractivity contribution in [1.82, 2.24) is 4.57 Å². The van der Waals surface area contributed by atoms with E-state index in [1.807, 2.05) is 25.1 Å². The van der Waals surface area contributed by atoms with Gasteiger partial charge in [-0.15, -0.1) is 0 Å². The van der Waals surface area contributed by atoms with Gasteiger partial charge in [-0.1, -0.05) is 46.7 Å². The molecule has 27 heavy (non-hydrogen) atoms. The van der Waals surface area contributed by atoms with Gasteiger partial charge in [0.25, 0.3) is 5.91 Å². The second kappa shape index (κ2) is 8.25. The molecule has 0 aliphatic carbocycles. The molecule has 0 unspecified atom stereocenters. The number of esters is 1. The summed E-state index contributed by atoms with van der Waals surface area (Å²) in [7, 11) is 0. The number of carbonyl (C=O) groups is 2. The van der Waals surface area contributed by atoms with E-state index in [-0.39, 0.29) is 23.7 Å². The molecule has 1 amide bonds. The fourth-order valence-electron chi connectivity index (χ4n) is 2.68. The Kier molecular flexibility index (Phi) is 5.99. The summed E-state index contributed by atoms with van der Waals surface area (Å²) in [6, 6.07) is 10.4. The number of aromatic nitrogens is 1. The average Bonchev–Trinajstić information content (AvgIpc) is 2.95. The fourth-order valence-corrected chi connectivity index (χ4v) is 4.16. The van der Waals surface area contributed by atoms with Crippen LogP contribution in [0.5, 0.6) is 0 Å². The van der Waals surface area contributed by atoms with E-state index in [0.717, 1.165) is 15.8 Å². The highest BCUT2D eigenvalue weighted by molar-refractivity contribution is 7.16. The molecule has 1 aromatic heterocycles. The summed E-state index contributed by atoms with van der Waals surface area (Å²) in [5.74, 6) is -0.917. The van der Waals surface area contributed by atoms with Crippen LogP contribution in [0.4, 0.5) is 0 Å². The maximum atomic E-state index is 12.7. The van der Waals surface area contributed by atoms with Crippen LogP contribution in [-0.2, 0) is 16.1 Å². The van der Waals surface area contributed by atoms with Crippen molar-refractivity contribution in [1.29, 1.82) is 0 Å². The number of hydrogen-bond acceptors (Lipinski definition) is 4. The lowest BCUT2D eigenvalue weighted by Crippen LogP contribution is -2.23. The second-order valence-corrected chi connectivity index (χ2v) is 7.59. The van der Waals surface area contributed by atoms with Crippen LogP contribution in [0, 0.1) is 6.92 Å². The van der Waals surface area contributed by atoms with Gasteiger partial charge in [0.05, 0.1) is 27.4 Å². The Morgan fingerprint density at radius 2 is 2.00 bits per heavy atom. The normalized spacial score (nSPS) is 11.8. The first-order valence-electron chi connectivity index (χ1n) is 8.19. The number of rotatable bonds is 4. The molecule has 0 aliphatic heterocycles. The number of ether oxygens (including phenoxy) is 1. The molecule has 8 heteroatoms. The van der Waals surface area contributed by atoms with E-state index in [4.69, 9.17) is 27.9 Å². The van der Waals surface area contributed by atoms with Crippen LogP contribution in [0.3, 0.4) is 0 Å². The predicted molar refractivity (Wildman–Crippen MR) is 108 cm³/mol. The van der Waals surface area contributed by atoms with Crippen LogP contribution in [0.25, 0.3) is 10.2 Å². The van der Waals surface area contributed by atoms with E-state index in [0.29, 0.717) is 9.82 Å². The maximum Gasteiger partial charge on any atom is 0.326 e. The van der Waals surface area contributed by atoms with Gasteiger partial charge in [0.1, 0.15) is 6.54 Å². The van der Waals surface area contributed by atoms with Crippen LogP contribution < -0.4 is 4.80 Å². The Labute approximate surface area is 169 Å². The minimum absolute atomic E-state index is 0.0336. The van der Waals surface area contributed by atoms with E-state index in [1.165, 1.54) is 17.4 Å². The highest BCUT2D eigenvalue weighted by atomic mass is 35.5. The van der Waals surface area contributed by atoms with Gasteiger partial charge in [0.15, 0.2) is 4.80 Å². The third kappa shape index (κ3) is 4.24. The van der Waals surface area contributed by atoms with Crippen LogP contribution in [0.1, 0.15) is 22.8 Å². The Hall–Kier alpha value is -2.15. The molecule has 3 rings (SSSR count). The zero-order valence-corrected chi connectivity index (χ0v) is 17.0. The van der Waals surface area contributed by atoms with Gasteiger partial charge in [-0.3, -0.25) is 9.59 Å². The molecule has 1 heterocycles. The molecular formula is C19H16Cl2N2O3S. The molecular weight excluding hydrogens is 407 g/mol. The van der Waals surface area contributed by atoms with Crippen molar-refractivity contribution in [3.8, 4) is 0 Å². The summed E-state index contributed by atoms with van der Waals surface area (Å²) in [6.45, 7) is 3.93. The topological polar surface area (TPSA) is 60.7 Å². The number of carbonyl (C=O) groups excluding carboxylic acids is 2. The number of halogens is 2. The molecule has 140 valence electrons. The molecule has 2 aromatic carbocycles. The van der Waals surface area contributed by atoms with Gasteiger partial charge in [0.2, 0.25) is 0 Å². The largest absolute Gasteiger partial charge is 0.465 e. The van der Waals surface area contributed by atoms with E-state index in [1.54, 1.807) is 23.6 Å². The summed E-state index contributed by atoms with van der Waals surface area (Å²) in [5, 5.41) is 0.659. The summed E-state index contributed by atoms with van der Waals surface area (Å²) in [4.78, 5) is 29.4. The van der Waals surface area contributed by atoms with E-state index >= 15 is 0 Å². The first-order valence-corrected chi connectivity index (χ1v) is 9.76. The minimum Gasteiger partial charge on any atom is -0.465 e. The summed E-state index contributed by atoms with van der Waals surface area (Å²) >= 11 is 13.4. The molecule has 0 saturated carbocycles. The number of amides is 1. The number of benzene rings is 2. The number of thiazole rings is 1. The monoisotopic (exact) mass is 422 g/mol. The third-order valence-electron chi connectivity index (χ3n) is 3.85. The van der Waals surface area contributed by atoms with Crippen molar-refractivity contribution in [2.45, 2.75) is 20.4 Å². The van der Waals surface area contributed by atoms with Gasteiger partial charge >= 0.3 is 5.97 Å². The Morgan fingerprint density at radius 3 is 2.74 bits per heavy atom. The number of hydrogen-bond donors (Lipinski definition) is 0. The lowest BCUT2D eigenvalue weighted by Gasteiger charge is -2.07. The average molecular weight is 423 g/mol. The Morgan fingerprint density at radius 1 is 1.22 bits per heavy atom. The number of nitrogens with zero attached hydrogens (tertiary/aromatic N) is 2. The lowest BCUT2D eigenvalue weighted by atomic mass is 10.2. The molecule has 0 bridgehead atoms. The Bertz CT molecular complexity index is 1100. The smallest absolute Gasteiger partial charge is 0.326 e. The molecule has 0 N–H and O–H groups in total. The van der Waals surface area contributed by atoms with E-state index in [2.05, 4.69) is 4.99 Å². The van der Waals surface area contributed by atoms with Gasteiger partial charge in [-0.05, 0) is 43.7 Å². The highest BCUT2D eigenvalue weighted by Crippen LogP contribution is 2.23. The molecule has 5 nitrogen and oxygen atoms in total. The minimum atomic E-state index is -0.524. The zero-order chi connectivity index (χ0) is 19.6. The Balaban J connectivity index is 2.16. The first-order chi connectivity index (χ1) is 12.9. The summed E-state index contributed by atoms with van der Waals surface area (Å²) in [5.41, 5.74) is 2.03. The summed E-state index contributed by atoms with van der Waals surface area (Å²) in [6.07, 6.45) is 0. The van der Waals surface area contributed by atoms with E-state index < -0.39 is 11.9 Å². The van der Waals surface area contributed by atoms with Gasteiger partial charge in [-0.2, -0.15) is 4.99 Å². The first kappa shape index (κ1) is 19.6. The zero-order valence-electron chi connectivity index (χ0n) is 14.7. The van der Waals surface area contributed by atoms with Crippen LogP contribution in [0.2, 0.25) is 10.0 Å². The van der Waals surface area contributed by atoms with Crippen molar-refractivity contribution < 1.29 is 14.3 Å². The van der Waals surface area contributed by atoms with Gasteiger partial charge in [-0.25, -0.2) is 0 Å². The molecule has 0 saturated heterocycles. The third-order valence-corrected chi connectivity index (χ3v) is 5.46. The fraction of sp³-hybridized carbons (Fsp3) is 0.211. The molecule has 0 fully saturated rings. The highest BCUT2D eigenvalue weighted by Gasteiger charge is 2.15.